The van der Waals surface area contributed by atoms with Crippen LogP contribution in [-0.4, -0.2) is 34.9 Å². The maximum absolute atomic E-state index is 11.8. The van der Waals surface area contributed by atoms with Gasteiger partial charge < -0.3 is 19.9 Å². The van der Waals surface area contributed by atoms with Gasteiger partial charge in [-0.3, -0.25) is 0 Å². The number of carbonyl (C=O) groups is 2. The Morgan fingerprint density at radius 2 is 1.86 bits per heavy atom. The second-order valence-corrected chi connectivity index (χ2v) is 6.00. The van der Waals surface area contributed by atoms with Crippen molar-refractivity contribution in [3.8, 4) is 0 Å². The van der Waals surface area contributed by atoms with Crippen LogP contribution in [0.4, 0.5) is 4.79 Å². The minimum Gasteiger partial charge on any atom is -0.479 e. The molecule has 22 heavy (non-hydrogen) atoms. The summed E-state index contributed by atoms with van der Waals surface area (Å²) < 4.78 is 10.9. The van der Waals surface area contributed by atoms with E-state index in [0.717, 1.165) is 5.56 Å². The quantitative estimate of drug-likeness (QED) is 0.870. The fourth-order valence-electron chi connectivity index (χ4n) is 3.21. The summed E-state index contributed by atoms with van der Waals surface area (Å²) in [6.45, 7) is 0.495. The number of hydrogen-bond donors (Lipinski definition) is 2. The van der Waals surface area contributed by atoms with Crippen LogP contribution in [0.2, 0.25) is 0 Å². The Hall–Kier alpha value is -2.08. The van der Waals surface area contributed by atoms with Gasteiger partial charge in [0.25, 0.3) is 0 Å². The first-order chi connectivity index (χ1) is 10.5. The molecule has 0 unspecified atom stereocenters. The Morgan fingerprint density at radius 3 is 2.45 bits per heavy atom. The maximum atomic E-state index is 11.8. The third-order valence-electron chi connectivity index (χ3n) is 4.54. The zero-order valence-electron chi connectivity index (χ0n) is 12.2. The minimum absolute atomic E-state index is 0.208. The van der Waals surface area contributed by atoms with Gasteiger partial charge in [-0.15, -0.1) is 0 Å². The van der Waals surface area contributed by atoms with Crippen LogP contribution in [0.5, 0.6) is 0 Å². The van der Waals surface area contributed by atoms with Crippen LogP contribution >= 0.6 is 0 Å². The summed E-state index contributed by atoms with van der Waals surface area (Å²) in [5.74, 6) is -0.904. The molecule has 2 bridgehead atoms. The molecule has 0 saturated carbocycles. The van der Waals surface area contributed by atoms with E-state index in [1.54, 1.807) is 0 Å². The fraction of sp³-hybridized carbons (Fsp3) is 0.500. The van der Waals surface area contributed by atoms with Crippen molar-refractivity contribution in [3.05, 3.63) is 35.9 Å². The molecule has 118 valence electrons. The van der Waals surface area contributed by atoms with Crippen LogP contribution in [0.25, 0.3) is 0 Å². The normalized spacial score (nSPS) is 29.3. The van der Waals surface area contributed by atoms with Gasteiger partial charge >= 0.3 is 12.1 Å². The Morgan fingerprint density at radius 1 is 1.18 bits per heavy atom. The standard InChI is InChI=1S/C16H19NO5/c18-13(19)16-8-6-15(22-16,7-9-16)11-17-14(20)21-10-12-4-2-1-3-5-12/h1-5H,6-11H2,(H,17,20)(H,18,19). The summed E-state index contributed by atoms with van der Waals surface area (Å²) in [5, 5.41) is 11.9. The van der Waals surface area contributed by atoms with Crippen molar-refractivity contribution in [2.24, 2.45) is 0 Å². The molecular weight excluding hydrogens is 286 g/mol. The second kappa shape index (κ2) is 5.61. The van der Waals surface area contributed by atoms with Gasteiger partial charge in [-0.1, -0.05) is 30.3 Å². The number of ether oxygens (including phenoxy) is 2. The van der Waals surface area contributed by atoms with Crippen molar-refractivity contribution in [1.29, 1.82) is 0 Å². The van der Waals surface area contributed by atoms with Crippen LogP contribution in [0.3, 0.4) is 0 Å². The molecule has 2 N–H and O–H groups in total. The number of alkyl carbamates (subject to hydrolysis) is 1. The number of amides is 1. The van der Waals surface area contributed by atoms with Crippen LogP contribution in [-0.2, 0) is 20.9 Å². The van der Waals surface area contributed by atoms with Crippen molar-refractivity contribution < 1.29 is 24.2 Å². The molecule has 0 aliphatic carbocycles. The van der Waals surface area contributed by atoms with E-state index >= 15 is 0 Å². The number of carboxylic acids is 1. The molecule has 2 fully saturated rings. The molecule has 2 heterocycles. The predicted octanol–water partition coefficient (Wildman–Crippen LogP) is 2.08. The van der Waals surface area contributed by atoms with Gasteiger partial charge in [-0.25, -0.2) is 9.59 Å². The monoisotopic (exact) mass is 305 g/mol. The lowest BCUT2D eigenvalue weighted by Crippen LogP contribution is -2.41. The molecule has 3 rings (SSSR count). The maximum Gasteiger partial charge on any atom is 0.407 e. The third kappa shape index (κ3) is 2.78. The predicted molar refractivity (Wildman–Crippen MR) is 77.3 cm³/mol. The highest BCUT2D eigenvalue weighted by Crippen LogP contribution is 2.50. The third-order valence-corrected chi connectivity index (χ3v) is 4.54. The van der Waals surface area contributed by atoms with Crippen molar-refractivity contribution in [2.45, 2.75) is 43.5 Å². The van der Waals surface area contributed by atoms with E-state index in [2.05, 4.69) is 5.32 Å². The SMILES string of the molecule is O=C(NCC12CCC(C(=O)O)(CC1)O2)OCc1ccccc1. The second-order valence-electron chi connectivity index (χ2n) is 6.00. The number of carbonyl (C=O) groups excluding carboxylic acids is 1. The Balaban J connectivity index is 1.47. The first kappa shape index (κ1) is 14.8. The van der Waals surface area contributed by atoms with Gasteiger partial charge in [-0.05, 0) is 31.2 Å². The van der Waals surface area contributed by atoms with Gasteiger partial charge in [0, 0.05) is 6.54 Å². The number of aliphatic carboxylic acids is 1. The molecule has 2 aliphatic rings. The highest BCUT2D eigenvalue weighted by atomic mass is 16.6. The van der Waals surface area contributed by atoms with Crippen molar-refractivity contribution in [1.82, 2.24) is 5.32 Å². The zero-order valence-corrected chi connectivity index (χ0v) is 12.2. The summed E-state index contributed by atoms with van der Waals surface area (Å²) in [7, 11) is 0. The summed E-state index contributed by atoms with van der Waals surface area (Å²) in [4.78, 5) is 23.0. The molecule has 2 saturated heterocycles. The van der Waals surface area contributed by atoms with Crippen LogP contribution in [0.15, 0.2) is 30.3 Å². The topological polar surface area (TPSA) is 84.9 Å². The molecular formula is C16H19NO5. The molecule has 1 aromatic carbocycles. The highest BCUT2D eigenvalue weighted by Gasteiger charge is 2.59. The van der Waals surface area contributed by atoms with E-state index in [0.29, 0.717) is 25.7 Å². The van der Waals surface area contributed by atoms with E-state index in [1.807, 2.05) is 30.3 Å². The van der Waals surface area contributed by atoms with E-state index < -0.39 is 23.3 Å². The van der Waals surface area contributed by atoms with Gasteiger partial charge in [0.1, 0.15) is 6.61 Å². The number of carboxylic acid groups (broad SMARTS) is 1. The van der Waals surface area contributed by atoms with Gasteiger partial charge in [0.2, 0.25) is 0 Å². The zero-order chi connectivity index (χ0) is 15.6. The lowest BCUT2D eigenvalue weighted by atomic mass is 9.82. The summed E-state index contributed by atoms with van der Waals surface area (Å²) in [5.41, 5.74) is -0.682. The summed E-state index contributed by atoms with van der Waals surface area (Å²) >= 11 is 0. The van der Waals surface area contributed by atoms with Crippen LogP contribution < -0.4 is 5.32 Å². The molecule has 0 spiro atoms. The molecule has 1 aromatic rings. The average Bonchev–Trinajstić information content (AvgIpc) is 3.10. The van der Waals surface area contributed by atoms with Gasteiger partial charge in [-0.2, -0.15) is 0 Å². The number of fused-ring (bicyclic) bond motifs is 2. The van der Waals surface area contributed by atoms with Crippen molar-refractivity contribution >= 4 is 12.1 Å². The molecule has 2 aliphatic heterocycles. The molecule has 6 nitrogen and oxygen atoms in total. The molecule has 0 atom stereocenters. The highest BCUT2D eigenvalue weighted by molar-refractivity contribution is 5.78. The van der Waals surface area contributed by atoms with Gasteiger partial charge in [0.15, 0.2) is 5.60 Å². The van der Waals surface area contributed by atoms with E-state index in [4.69, 9.17) is 9.47 Å². The number of nitrogens with one attached hydrogen (secondary N) is 1. The van der Waals surface area contributed by atoms with Crippen molar-refractivity contribution in [2.75, 3.05) is 6.54 Å². The van der Waals surface area contributed by atoms with E-state index in [-0.39, 0.29) is 13.2 Å². The van der Waals surface area contributed by atoms with Crippen LogP contribution in [0.1, 0.15) is 31.2 Å². The summed E-state index contributed by atoms with van der Waals surface area (Å²) in [6, 6.07) is 9.42. The lowest BCUT2D eigenvalue weighted by molar-refractivity contribution is -0.162. The first-order valence-corrected chi connectivity index (χ1v) is 7.42. The molecule has 0 aromatic heterocycles. The molecule has 0 radical (unpaired) electrons. The molecule has 1 amide bonds. The Bertz CT molecular complexity index is 563. The number of rotatable bonds is 5. The van der Waals surface area contributed by atoms with Crippen LogP contribution in [0, 0.1) is 0 Å². The molecule has 6 heteroatoms. The smallest absolute Gasteiger partial charge is 0.407 e. The largest absolute Gasteiger partial charge is 0.479 e. The number of benzene rings is 1. The summed E-state index contributed by atoms with van der Waals surface area (Å²) in [6.07, 6.45) is 1.80. The first-order valence-electron chi connectivity index (χ1n) is 7.42. The van der Waals surface area contributed by atoms with Gasteiger partial charge in [0.05, 0.1) is 5.60 Å². The van der Waals surface area contributed by atoms with E-state index in [9.17, 15) is 14.7 Å². The van der Waals surface area contributed by atoms with Crippen molar-refractivity contribution in [3.63, 3.8) is 0 Å². The van der Waals surface area contributed by atoms with E-state index in [1.165, 1.54) is 0 Å². The fourth-order valence-corrected chi connectivity index (χ4v) is 3.21. The Labute approximate surface area is 128 Å². The Kier molecular flexibility index (Phi) is 3.78. The minimum atomic E-state index is -1.05. The number of hydrogen-bond acceptors (Lipinski definition) is 4. The average molecular weight is 305 g/mol. The lowest BCUT2D eigenvalue weighted by Gasteiger charge is -2.24.